The predicted octanol–water partition coefficient (Wildman–Crippen LogP) is 2.45. The fourth-order valence-electron chi connectivity index (χ4n) is 2.09. The summed E-state index contributed by atoms with van der Waals surface area (Å²) < 4.78 is 4.86. The molecule has 0 aliphatic heterocycles. The predicted molar refractivity (Wildman–Crippen MR) is 109 cm³/mol. The van der Waals surface area contributed by atoms with Gasteiger partial charge in [-0.2, -0.15) is 0 Å². The van der Waals surface area contributed by atoms with Gasteiger partial charge < -0.3 is 10.5 Å². The van der Waals surface area contributed by atoms with E-state index in [4.69, 9.17) is 22.7 Å². The highest BCUT2D eigenvalue weighted by atomic mass is 32.1. The number of aromatic nitrogens is 1. The zero-order chi connectivity index (χ0) is 20.7. The minimum absolute atomic E-state index is 0.0255. The molecule has 0 aliphatic carbocycles. The molecular formula is C17H16N4O5S2. The molecule has 0 bridgehead atoms. The Morgan fingerprint density at radius 3 is 2.64 bits per heavy atom. The number of esters is 1. The van der Waals surface area contributed by atoms with Gasteiger partial charge in [0.1, 0.15) is 0 Å². The lowest BCUT2D eigenvalue weighted by Gasteiger charge is -2.15. The van der Waals surface area contributed by atoms with Gasteiger partial charge in [-0.3, -0.25) is 19.7 Å². The van der Waals surface area contributed by atoms with Gasteiger partial charge in [0.05, 0.1) is 23.6 Å². The summed E-state index contributed by atoms with van der Waals surface area (Å²) in [4.78, 5) is 39.5. The van der Waals surface area contributed by atoms with Gasteiger partial charge in [-0.15, -0.1) is 11.3 Å². The lowest BCUT2D eigenvalue weighted by molar-refractivity contribution is -0.384. The molecule has 2 aromatic rings. The number of amides is 1. The first-order valence-electron chi connectivity index (χ1n) is 7.98. The summed E-state index contributed by atoms with van der Waals surface area (Å²) in [5.74, 6) is -0.964. The molecule has 0 radical (unpaired) electrons. The van der Waals surface area contributed by atoms with Gasteiger partial charge in [0.2, 0.25) is 0 Å². The summed E-state index contributed by atoms with van der Waals surface area (Å²) in [5, 5.41) is 12.3. The summed E-state index contributed by atoms with van der Waals surface area (Å²) in [7, 11) is 0. The standard InChI is InChI=1S/C17H16N4O5S2/c1-2-26-15(23)9-12-10-28-17(19-12)20(16(18)27)14(22)8-5-11-3-6-13(7-4-11)21(24)25/h3-8,10H,2,9H2,1H3,(H2,18,27). The first-order chi connectivity index (χ1) is 13.3. The molecule has 28 heavy (non-hydrogen) atoms. The van der Waals surface area contributed by atoms with E-state index in [1.165, 1.54) is 36.4 Å². The number of carbonyl (C=O) groups is 2. The van der Waals surface area contributed by atoms with Crippen LogP contribution in [0.3, 0.4) is 0 Å². The first-order valence-corrected chi connectivity index (χ1v) is 9.26. The van der Waals surface area contributed by atoms with Crippen LogP contribution in [0.25, 0.3) is 6.08 Å². The quantitative estimate of drug-likeness (QED) is 0.238. The second-order valence-corrected chi connectivity index (χ2v) is 6.55. The van der Waals surface area contributed by atoms with Crippen LogP contribution in [0.15, 0.2) is 35.7 Å². The Bertz CT molecular complexity index is 924. The minimum atomic E-state index is -0.539. The number of nitrogens with zero attached hydrogens (tertiary/aromatic N) is 3. The smallest absolute Gasteiger partial charge is 0.311 e. The largest absolute Gasteiger partial charge is 0.466 e. The molecule has 9 nitrogen and oxygen atoms in total. The highest BCUT2D eigenvalue weighted by molar-refractivity contribution is 7.80. The lowest BCUT2D eigenvalue weighted by atomic mass is 10.2. The molecule has 1 aromatic carbocycles. The molecule has 2 rings (SSSR count). The van der Waals surface area contributed by atoms with Gasteiger partial charge in [-0.05, 0) is 42.9 Å². The maximum Gasteiger partial charge on any atom is 0.311 e. The Kier molecular flexibility index (Phi) is 7.29. The van der Waals surface area contributed by atoms with Gasteiger partial charge in [-0.25, -0.2) is 9.88 Å². The highest BCUT2D eigenvalue weighted by Gasteiger charge is 2.20. The van der Waals surface area contributed by atoms with Crippen molar-refractivity contribution >= 4 is 57.4 Å². The van der Waals surface area contributed by atoms with Gasteiger partial charge in [0.25, 0.3) is 11.6 Å². The van der Waals surface area contributed by atoms with Crippen molar-refractivity contribution in [3.05, 3.63) is 57.1 Å². The zero-order valence-corrected chi connectivity index (χ0v) is 16.4. The molecule has 1 heterocycles. The summed E-state index contributed by atoms with van der Waals surface area (Å²) >= 11 is 6.05. The average molecular weight is 420 g/mol. The van der Waals surface area contributed by atoms with Crippen LogP contribution in [0.5, 0.6) is 0 Å². The molecule has 0 fully saturated rings. The summed E-state index contributed by atoms with van der Waals surface area (Å²) in [6, 6.07) is 5.68. The van der Waals surface area contributed by atoms with Crippen molar-refractivity contribution in [1.29, 1.82) is 0 Å². The number of anilines is 1. The van der Waals surface area contributed by atoms with E-state index in [0.717, 1.165) is 16.2 Å². The normalized spacial score (nSPS) is 10.6. The SMILES string of the molecule is CCOC(=O)Cc1csc(N(C(=O)C=Cc2ccc([N+](=O)[O-])cc2)C(N)=S)n1. The third-order valence-electron chi connectivity index (χ3n) is 3.32. The molecule has 0 spiro atoms. The highest BCUT2D eigenvalue weighted by Crippen LogP contribution is 2.22. The van der Waals surface area contributed by atoms with Crippen LogP contribution in [-0.4, -0.2) is 33.5 Å². The Labute approximate surface area is 169 Å². The van der Waals surface area contributed by atoms with Crippen molar-refractivity contribution in [1.82, 2.24) is 4.98 Å². The number of non-ortho nitro benzene ring substituents is 1. The van der Waals surface area contributed by atoms with Crippen molar-refractivity contribution in [2.75, 3.05) is 11.5 Å². The Hall–Kier alpha value is -3.18. The van der Waals surface area contributed by atoms with Crippen LogP contribution in [0.4, 0.5) is 10.8 Å². The fraction of sp³-hybridized carbons (Fsp3) is 0.176. The Morgan fingerprint density at radius 1 is 1.39 bits per heavy atom. The molecule has 1 aromatic heterocycles. The van der Waals surface area contributed by atoms with Gasteiger partial charge in [0, 0.05) is 23.6 Å². The molecule has 0 saturated carbocycles. The molecule has 1 amide bonds. The van der Waals surface area contributed by atoms with Crippen LogP contribution in [-0.2, 0) is 20.7 Å². The van der Waals surface area contributed by atoms with E-state index in [1.54, 1.807) is 12.3 Å². The van der Waals surface area contributed by atoms with Crippen LogP contribution < -0.4 is 10.6 Å². The maximum atomic E-state index is 12.5. The molecule has 0 unspecified atom stereocenters. The zero-order valence-electron chi connectivity index (χ0n) is 14.7. The van der Waals surface area contributed by atoms with Crippen molar-refractivity contribution in [2.24, 2.45) is 5.73 Å². The number of nitrogens with two attached hydrogens (primary N) is 1. The second kappa shape index (κ2) is 9.67. The van der Waals surface area contributed by atoms with Crippen molar-refractivity contribution in [3.8, 4) is 0 Å². The number of ether oxygens (including phenoxy) is 1. The number of hydrogen-bond acceptors (Lipinski definition) is 8. The van der Waals surface area contributed by atoms with Gasteiger partial charge >= 0.3 is 5.97 Å². The average Bonchev–Trinajstić information content (AvgIpc) is 3.08. The van der Waals surface area contributed by atoms with E-state index in [2.05, 4.69) is 4.98 Å². The van der Waals surface area contributed by atoms with E-state index in [-0.39, 0.29) is 29.0 Å². The number of rotatable bonds is 7. The monoisotopic (exact) mass is 420 g/mol. The second-order valence-electron chi connectivity index (χ2n) is 5.30. The molecular weight excluding hydrogens is 404 g/mol. The summed E-state index contributed by atoms with van der Waals surface area (Å²) in [5.41, 5.74) is 6.63. The van der Waals surface area contributed by atoms with Crippen LogP contribution >= 0.6 is 23.6 Å². The van der Waals surface area contributed by atoms with Crippen molar-refractivity contribution in [2.45, 2.75) is 13.3 Å². The third-order valence-corrected chi connectivity index (χ3v) is 4.38. The van der Waals surface area contributed by atoms with E-state index in [9.17, 15) is 19.7 Å². The molecule has 0 atom stereocenters. The topological polar surface area (TPSA) is 129 Å². The van der Waals surface area contributed by atoms with Gasteiger partial charge in [-0.1, -0.05) is 0 Å². The minimum Gasteiger partial charge on any atom is -0.466 e. The van der Waals surface area contributed by atoms with Crippen LogP contribution in [0, 0.1) is 10.1 Å². The maximum absolute atomic E-state index is 12.5. The number of nitro benzene ring substituents is 1. The lowest BCUT2D eigenvalue weighted by Crippen LogP contribution is -2.39. The fourth-order valence-corrected chi connectivity index (χ4v) is 3.16. The summed E-state index contributed by atoms with van der Waals surface area (Å²) in [6.45, 7) is 1.97. The summed E-state index contributed by atoms with van der Waals surface area (Å²) in [6.07, 6.45) is 2.68. The number of thiazole rings is 1. The van der Waals surface area contributed by atoms with Crippen molar-refractivity contribution < 1.29 is 19.2 Å². The van der Waals surface area contributed by atoms with Crippen molar-refractivity contribution in [3.63, 3.8) is 0 Å². The molecule has 11 heteroatoms. The molecule has 0 saturated heterocycles. The van der Waals surface area contributed by atoms with E-state index in [1.807, 2.05) is 0 Å². The number of thiocarbonyl (C=S) groups is 1. The number of carbonyl (C=O) groups excluding carboxylic acids is 2. The molecule has 146 valence electrons. The number of nitro groups is 1. The third kappa shape index (κ3) is 5.66. The van der Waals surface area contributed by atoms with E-state index >= 15 is 0 Å². The number of benzene rings is 1. The Morgan fingerprint density at radius 2 is 2.07 bits per heavy atom. The molecule has 0 aliphatic rings. The Balaban J connectivity index is 2.13. The van der Waals surface area contributed by atoms with Crippen LogP contribution in [0.2, 0.25) is 0 Å². The number of hydrogen-bond donors (Lipinski definition) is 1. The van der Waals surface area contributed by atoms with E-state index < -0.39 is 16.8 Å². The first kappa shape index (κ1) is 21.1. The van der Waals surface area contributed by atoms with Gasteiger partial charge in [0.15, 0.2) is 10.2 Å². The van der Waals surface area contributed by atoms with E-state index in [0.29, 0.717) is 11.3 Å². The molecule has 2 N–H and O–H groups in total. The van der Waals surface area contributed by atoms with Crippen LogP contribution in [0.1, 0.15) is 18.2 Å².